The molecule has 0 saturated heterocycles. The monoisotopic (exact) mass is 441 g/mol. The standard InChI is InChI=1S/C25H39N5O2/c1-4-22(29-20-8-6-5-7-9-20)19(15-31)14-27-24-21(25(32)28-17(3)26)13-18-11-10-16(2)12-23(18)30-24/h10-13,17,19-20,22,29,31H,4-9,14-15,26H2,1-3H3,(H,27,30)(H,28,32). The number of aryl methyl sites for hydroxylation is 1. The summed E-state index contributed by atoms with van der Waals surface area (Å²) in [5, 5.41) is 21.0. The number of amides is 1. The fourth-order valence-electron chi connectivity index (χ4n) is 4.59. The van der Waals surface area contributed by atoms with Crippen molar-refractivity contribution in [3.05, 3.63) is 35.4 Å². The van der Waals surface area contributed by atoms with Gasteiger partial charge in [0.05, 0.1) is 17.2 Å². The Hall–Kier alpha value is -2.22. The first-order valence-electron chi connectivity index (χ1n) is 12.0. The molecule has 0 radical (unpaired) electrons. The van der Waals surface area contributed by atoms with Crippen molar-refractivity contribution in [2.24, 2.45) is 11.7 Å². The number of nitrogens with one attached hydrogen (secondary N) is 3. The Labute approximate surface area is 191 Å². The molecule has 1 aliphatic rings. The Balaban J connectivity index is 1.80. The smallest absolute Gasteiger partial charge is 0.256 e. The van der Waals surface area contributed by atoms with Crippen LogP contribution in [-0.2, 0) is 0 Å². The van der Waals surface area contributed by atoms with E-state index in [2.05, 4.69) is 22.9 Å². The van der Waals surface area contributed by atoms with E-state index < -0.39 is 6.17 Å². The highest BCUT2D eigenvalue weighted by Gasteiger charge is 2.24. The summed E-state index contributed by atoms with van der Waals surface area (Å²) in [6.45, 7) is 6.50. The highest BCUT2D eigenvalue weighted by Crippen LogP contribution is 2.24. The van der Waals surface area contributed by atoms with Crippen LogP contribution in [0.5, 0.6) is 0 Å². The minimum absolute atomic E-state index is 0.0151. The van der Waals surface area contributed by atoms with Gasteiger partial charge in [0.1, 0.15) is 5.82 Å². The third-order valence-electron chi connectivity index (χ3n) is 6.41. The van der Waals surface area contributed by atoms with Crippen LogP contribution in [0.1, 0.15) is 68.3 Å². The van der Waals surface area contributed by atoms with Gasteiger partial charge in [-0.2, -0.15) is 0 Å². The van der Waals surface area contributed by atoms with Crippen LogP contribution in [0, 0.1) is 12.8 Å². The molecule has 1 saturated carbocycles. The van der Waals surface area contributed by atoms with E-state index >= 15 is 0 Å². The van der Waals surface area contributed by atoms with Crippen LogP contribution in [0.4, 0.5) is 5.82 Å². The fraction of sp³-hybridized carbons (Fsp3) is 0.600. The number of nitrogens with zero attached hydrogens (tertiary/aromatic N) is 1. The van der Waals surface area contributed by atoms with E-state index in [1.807, 2.05) is 31.2 Å². The maximum absolute atomic E-state index is 12.8. The summed E-state index contributed by atoms with van der Waals surface area (Å²) < 4.78 is 0. The molecule has 0 bridgehead atoms. The van der Waals surface area contributed by atoms with Crippen LogP contribution in [0.15, 0.2) is 24.3 Å². The van der Waals surface area contributed by atoms with Crippen LogP contribution >= 0.6 is 0 Å². The molecule has 1 aromatic carbocycles. The number of carbonyl (C=O) groups is 1. The number of pyridine rings is 1. The molecule has 1 aromatic heterocycles. The predicted octanol–water partition coefficient (Wildman–Crippen LogP) is 3.30. The van der Waals surface area contributed by atoms with Crippen molar-refractivity contribution in [1.29, 1.82) is 0 Å². The zero-order valence-corrected chi connectivity index (χ0v) is 19.7. The lowest BCUT2D eigenvalue weighted by molar-refractivity contribution is 0.0942. The van der Waals surface area contributed by atoms with Crippen molar-refractivity contribution in [3.8, 4) is 0 Å². The second kappa shape index (κ2) is 11.6. The number of aliphatic hydroxyl groups is 1. The first-order valence-corrected chi connectivity index (χ1v) is 12.0. The van der Waals surface area contributed by atoms with E-state index in [0.29, 0.717) is 24.0 Å². The van der Waals surface area contributed by atoms with Gasteiger partial charge >= 0.3 is 0 Å². The van der Waals surface area contributed by atoms with E-state index in [4.69, 9.17) is 10.7 Å². The molecule has 7 nitrogen and oxygen atoms in total. The Kier molecular flexibility index (Phi) is 8.84. The molecule has 3 unspecified atom stereocenters. The Bertz CT molecular complexity index is 895. The van der Waals surface area contributed by atoms with Crippen LogP contribution in [-0.4, -0.2) is 47.4 Å². The van der Waals surface area contributed by atoms with Crippen LogP contribution in [0.2, 0.25) is 0 Å². The second-order valence-corrected chi connectivity index (χ2v) is 9.18. The lowest BCUT2D eigenvalue weighted by Crippen LogP contribution is -2.46. The van der Waals surface area contributed by atoms with Gasteiger partial charge in [-0.25, -0.2) is 4.98 Å². The number of hydrogen-bond acceptors (Lipinski definition) is 6. The van der Waals surface area contributed by atoms with Crippen molar-refractivity contribution >= 4 is 22.6 Å². The van der Waals surface area contributed by atoms with Crippen molar-refractivity contribution in [2.75, 3.05) is 18.5 Å². The van der Waals surface area contributed by atoms with Crippen molar-refractivity contribution in [2.45, 2.75) is 77.5 Å². The summed E-state index contributed by atoms with van der Waals surface area (Å²) in [7, 11) is 0. The summed E-state index contributed by atoms with van der Waals surface area (Å²) in [6, 6.07) is 8.58. The molecule has 1 heterocycles. The van der Waals surface area contributed by atoms with Gasteiger partial charge in [0.2, 0.25) is 0 Å². The molecule has 0 spiro atoms. The molecule has 3 atom stereocenters. The van der Waals surface area contributed by atoms with E-state index in [1.54, 1.807) is 6.92 Å². The average Bonchev–Trinajstić information content (AvgIpc) is 2.78. The SMILES string of the molecule is CCC(NC1CCCCC1)C(CO)CNc1nc2cc(C)ccc2cc1C(=O)NC(C)N. The summed E-state index contributed by atoms with van der Waals surface area (Å²) in [6.07, 6.45) is 6.75. The first-order chi connectivity index (χ1) is 15.4. The zero-order chi connectivity index (χ0) is 23.1. The van der Waals surface area contributed by atoms with Crippen molar-refractivity contribution < 1.29 is 9.90 Å². The molecule has 0 aliphatic heterocycles. The Morgan fingerprint density at radius 3 is 2.66 bits per heavy atom. The molecular weight excluding hydrogens is 402 g/mol. The van der Waals surface area contributed by atoms with E-state index in [-0.39, 0.29) is 24.5 Å². The van der Waals surface area contributed by atoms with Gasteiger partial charge in [0, 0.05) is 36.5 Å². The predicted molar refractivity (Wildman–Crippen MR) is 131 cm³/mol. The number of aliphatic hydroxyl groups excluding tert-OH is 1. The van der Waals surface area contributed by atoms with E-state index in [0.717, 1.165) is 22.9 Å². The van der Waals surface area contributed by atoms with Crippen LogP contribution < -0.4 is 21.7 Å². The molecule has 6 N–H and O–H groups in total. The lowest BCUT2D eigenvalue weighted by Gasteiger charge is -2.32. The summed E-state index contributed by atoms with van der Waals surface area (Å²) in [5.74, 6) is 0.277. The topological polar surface area (TPSA) is 112 Å². The highest BCUT2D eigenvalue weighted by molar-refractivity contribution is 6.02. The van der Waals surface area contributed by atoms with E-state index in [9.17, 15) is 9.90 Å². The number of anilines is 1. The highest BCUT2D eigenvalue weighted by atomic mass is 16.3. The maximum Gasteiger partial charge on any atom is 0.256 e. The quantitative estimate of drug-likeness (QED) is 0.362. The molecule has 2 aromatic rings. The fourth-order valence-corrected chi connectivity index (χ4v) is 4.59. The minimum atomic E-state index is -0.460. The van der Waals surface area contributed by atoms with Crippen LogP contribution in [0.3, 0.4) is 0 Å². The summed E-state index contributed by atoms with van der Waals surface area (Å²) >= 11 is 0. The lowest BCUT2D eigenvalue weighted by atomic mass is 9.91. The number of benzene rings is 1. The summed E-state index contributed by atoms with van der Waals surface area (Å²) in [4.78, 5) is 17.6. The van der Waals surface area contributed by atoms with Gasteiger partial charge in [0.15, 0.2) is 0 Å². The normalized spacial score (nSPS) is 17.7. The number of carbonyl (C=O) groups excluding carboxylic acids is 1. The Morgan fingerprint density at radius 2 is 2.00 bits per heavy atom. The van der Waals surface area contributed by atoms with Gasteiger partial charge in [-0.1, -0.05) is 38.3 Å². The minimum Gasteiger partial charge on any atom is -0.396 e. The number of fused-ring (bicyclic) bond motifs is 1. The largest absolute Gasteiger partial charge is 0.396 e. The zero-order valence-electron chi connectivity index (χ0n) is 19.7. The van der Waals surface area contributed by atoms with E-state index in [1.165, 1.54) is 32.1 Å². The molecule has 32 heavy (non-hydrogen) atoms. The van der Waals surface area contributed by atoms with Crippen LogP contribution in [0.25, 0.3) is 10.9 Å². The third-order valence-corrected chi connectivity index (χ3v) is 6.41. The molecule has 1 amide bonds. The third kappa shape index (κ3) is 6.40. The molecule has 1 fully saturated rings. The maximum atomic E-state index is 12.8. The second-order valence-electron chi connectivity index (χ2n) is 9.18. The van der Waals surface area contributed by atoms with Crippen molar-refractivity contribution in [3.63, 3.8) is 0 Å². The van der Waals surface area contributed by atoms with Gasteiger partial charge in [0.25, 0.3) is 5.91 Å². The van der Waals surface area contributed by atoms with Crippen molar-refractivity contribution in [1.82, 2.24) is 15.6 Å². The number of hydrogen-bond donors (Lipinski definition) is 5. The molecule has 1 aliphatic carbocycles. The van der Waals surface area contributed by atoms with Gasteiger partial charge in [-0.15, -0.1) is 0 Å². The number of rotatable bonds is 10. The number of aromatic nitrogens is 1. The molecule has 3 rings (SSSR count). The Morgan fingerprint density at radius 1 is 1.25 bits per heavy atom. The average molecular weight is 442 g/mol. The van der Waals surface area contributed by atoms with Gasteiger partial charge in [-0.05, 0) is 50.8 Å². The first kappa shape index (κ1) is 24.4. The molecule has 7 heteroatoms. The summed E-state index contributed by atoms with van der Waals surface area (Å²) in [5.41, 5.74) is 8.19. The molecular formula is C25H39N5O2. The van der Waals surface area contributed by atoms with Gasteiger partial charge in [-0.3, -0.25) is 4.79 Å². The van der Waals surface area contributed by atoms with Gasteiger partial charge < -0.3 is 26.8 Å². The molecule has 176 valence electrons. The number of nitrogens with two attached hydrogens (primary N) is 1.